The summed E-state index contributed by atoms with van der Waals surface area (Å²) in [4.78, 5) is 29.6. The van der Waals surface area contributed by atoms with Crippen molar-refractivity contribution in [2.45, 2.75) is 19.4 Å². The van der Waals surface area contributed by atoms with E-state index in [1.807, 2.05) is 0 Å². The van der Waals surface area contributed by atoms with E-state index in [9.17, 15) is 18.4 Å². The number of thiophene rings is 1. The molecule has 1 fully saturated rings. The van der Waals surface area contributed by atoms with E-state index in [2.05, 4.69) is 21.7 Å². The van der Waals surface area contributed by atoms with Gasteiger partial charge in [-0.2, -0.15) is 0 Å². The summed E-state index contributed by atoms with van der Waals surface area (Å²) in [5.41, 5.74) is 1.38. The second-order valence-corrected chi connectivity index (χ2v) is 8.19. The van der Waals surface area contributed by atoms with Crippen LogP contribution in [0.15, 0.2) is 29.6 Å². The molecule has 1 aromatic carbocycles. The largest absolute Gasteiger partial charge is 0.355 e. The molecule has 2 amide bonds. The number of rotatable bonds is 5. The SMILES string of the molecule is O=C(NCCN1CCc2sccc2C1)C1CC(=O)N(c2ccc(F)cc2F)C1. The summed E-state index contributed by atoms with van der Waals surface area (Å²) in [5.74, 6) is -2.55. The molecular weight excluding hydrogens is 384 g/mol. The summed E-state index contributed by atoms with van der Waals surface area (Å²) in [5, 5.41) is 5.01. The van der Waals surface area contributed by atoms with Crippen molar-refractivity contribution < 1.29 is 18.4 Å². The van der Waals surface area contributed by atoms with Crippen molar-refractivity contribution in [1.29, 1.82) is 0 Å². The summed E-state index contributed by atoms with van der Waals surface area (Å²) >= 11 is 1.79. The zero-order valence-electron chi connectivity index (χ0n) is 15.3. The highest BCUT2D eigenvalue weighted by Crippen LogP contribution is 2.28. The summed E-state index contributed by atoms with van der Waals surface area (Å²) in [6.45, 7) is 3.23. The Morgan fingerprint density at radius 3 is 2.96 bits per heavy atom. The third kappa shape index (κ3) is 3.93. The van der Waals surface area contributed by atoms with Crippen LogP contribution in [0.3, 0.4) is 0 Å². The van der Waals surface area contributed by atoms with Gasteiger partial charge < -0.3 is 10.2 Å². The lowest BCUT2D eigenvalue weighted by atomic mass is 10.1. The zero-order chi connectivity index (χ0) is 19.7. The van der Waals surface area contributed by atoms with Gasteiger partial charge in [0.25, 0.3) is 0 Å². The van der Waals surface area contributed by atoms with E-state index in [0.29, 0.717) is 6.54 Å². The fraction of sp³-hybridized carbons (Fsp3) is 0.400. The molecule has 3 heterocycles. The van der Waals surface area contributed by atoms with Gasteiger partial charge in [0.15, 0.2) is 0 Å². The highest BCUT2D eigenvalue weighted by Gasteiger charge is 2.36. The van der Waals surface area contributed by atoms with Crippen molar-refractivity contribution in [1.82, 2.24) is 10.2 Å². The van der Waals surface area contributed by atoms with E-state index >= 15 is 0 Å². The second-order valence-electron chi connectivity index (χ2n) is 7.19. The Labute approximate surface area is 165 Å². The fourth-order valence-corrected chi connectivity index (χ4v) is 4.69. The van der Waals surface area contributed by atoms with Gasteiger partial charge in [0, 0.05) is 50.1 Å². The number of anilines is 1. The Hall–Kier alpha value is -2.32. The number of nitrogens with zero attached hydrogens (tertiary/aromatic N) is 2. The minimum Gasteiger partial charge on any atom is -0.355 e. The van der Waals surface area contributed by atoms with Crippen LogP contribution in [0.1, 0.15) is 16.9 Å². The molecule has 0 bridgehead atoms. The van der Waals surface area contributed by atoms with Gasteiger partial charge in [-0.25, -0.2) is 8.78 Å². The van der Waals surface area contributed by atoms with Crippen LogP contribution in [0.4, 0.5) is 14.5 Å². The van der Waals surface area contributed by atoms with Crippen molar-refractivity contribution >= 4 is 28.8 Å². The summed E-state index contributed by atoms with van der Waals surface area (Å²) in [6.07, 6.45) is 1.07. The molecule has 1 N–H and O–H groups in total. The number of carbonyl (C=O) groups excluding carboxylic acids is 2. The third-order valence-corrected chi connectivity index (χ3v) is 6.33. The van der Waals surface area contributed by atoms with Gasteiger partial charge in [0.2, 0.25) is 11.8 Å². The van der Waals surface area contributed by atoms with Crippen LogP contribution < -0.4 is 10.2 Å². The second kappa shape index (κ2) is 7.97. The predicted molar refractivity (Wildman–Crippen MR) is 103 cm³/mol. The number of amides is 2. The number of halogens is 2. The molecule has 1 atom stereocenters. The molecule has 5 nitrogen and oxygen atoms in total. The first-order chi connectivity index (χ1) is 13.5. The van der Waals surface area contributed by atoms with Crippen LogP contribution in [0.2, 0.25) is 0 Å². The van der Waals surface area contributed by atoms with Crippen molar-refractivity contribution in [3.8, 4) is 0 Å². The maximum atomic E-state index is 14.0. The number of hydrogen-bond donors (Lipinski definition) is 1. The van der Waals surface area contributed by atoms with Crippen molar-refractivity contribution in [3.05, 3.63) is 51.7 Å². The maximum Gasteiger partial charge on any atom is 0.227 e. The van der Waals surface area contributed by atoms with Gasteiger partial charge in [0.05, 0.1) is 11.6 Å². The van der Waals surface area contributed by atoms with E-state index in [1.54, 1.807) is 11.3 Å². The predicted octanol–water partition coefficient (Wildman–Crippen LogP) is 2.55. The van der Waals surface area contributed by atoms with E-state index in [1.165, 1.54) is 21.4 Å². The van der Waals surface area contributed by atoms with Crippen LogP contribution in [0.5, 0.6) is 0 Å². The highest BCUT2D eigenvalue weighted by atomic mass is 32.1. The molecular formula is C20H21F2N3O2S. The number of fused-ring (bicyclic) bond motifs is 1. The average molecular weight is 405 g/mol. The van der Waals surface area contributed by atoms with Gasteiger partial charge in [0.1, 0.15) is 11.6 Å². The molecule has 28 heavy (non-hydrogen) atoms. The molecule has 1 aromatic heterocycles. The van der Waals surface area contributed by atoms with Crippen LogP contribution in [-0.2, 0) is 22.6 Å². The first-order valence-corrected chi connectivity index (χ1v) is 10.2. The van der Waals surface area contributed by atoms with Crippen molar-refractivity contribution in [3.63, 3.8) is 0 Å². The lowest BCUT2D eigenvalue weighted by Crippen LogP contribution is -2.40. The topological polar surface area (TPSA) is 52.7 Å². The fourth-order valence-electron chi connectivity index (χ4n) is 3.80. The first kappa shape index (κ1) is 19.0. The Bertz CT molecular complexity index is 901. The van der Waals surface area contributed by atoms with Crippen LogP contribution in [-0.4, -0.2) is 42.9 Å². The molecule has 8 heteroatoms. The number of carbonyl (C=O) groups is 2. The quantitative estimate of drug-likeness (QED) is 0.832. The van der Waals surface area contributed by atoms with Gasteiger partial charge in [-0.1, -0.05) is 0 Å². The Kier molecular flexibility index (Phi) is 5.41. The Morgan fingerprint density at radius 2 is 2.14 bits per heavy atom. The molecule has 148 valence electrons. The molecule has 0 saturated carbocycles. The lowest BCUT2D eigenvalue weighted by Gasteiger charge is -2.27. The minimum absolute atomic E-state index is 0.0154. The molecule has 2 aliphatic rings. The van der Waals surface area contributed by atoms with Gasteiger partial charge in [-0.3, -0.25) is 14.5 Å². The highest BCUT2D eigenvalue weighted by molar-refractivity contribution is 7.10. The van der Waals surface area contributed by atoms with E-state index in [-0.39, 0.29) is 30.5 Å². The van der Waals surface area contributed by atoms with Crippen molar-refractivity contribution in [2.75, 3.05) is 31.1 Å². The van der Waals surface area contributed by atoms with E-state index < -0.39 is 17.6 Å². The average Bonchev–Trinajstić information content (AvgIpc) is 3.28. The standard InChI is InChI=1S/C20H21F2N3O2S/c21-15-1-2-17(16(22)10-15)25-12-14(9-19(25)26)20(27)23-5-7-24-6-3-18-13(11-24)4-8-28-18/h1-2,4,8,10,14H,3,5-7,9,11-12H2,(H,23,27). The number of benzene rings is 1. The molecule has 4 rings (SSSR count). The van der Waals surface area contributed by atoms with Crippen LogP contribution in [0, 0.1) is 17.6 Å². The minimum atomic E-state index is -0.799. The Morgan fingerprint density at radius 1 is 1.29 bits per heavy atom. The third-order valence-electron chi connectivity index (χ3n) is 5.31. The van der Waals surface area contributed by atoms with E-state index in [0.717, 1.165) is 38.2 Å². The summed E-state index contributed by atoms with van der Waals surface area (Å²) < 4.78 is 27.0. The molecule has 1 saturated heterocycles. The van der Waals surface area contributed by atoms with Gasteiger partial charge in [-0.05, 0) is 35.6 Å². The first-order valence-electron chi connectivity index (χ1n) is 9.32. The van der Waals surface area contributed by atoms with Crippen LogP contribution >= 0.6 is 11.3 Å². The van der Waals surface area contributed by atoms with Crippen LogP contribution in [0.25, 0.3) is 0 Å². The maximum absolute atomic E-state index is 14.0. The van der Waals surface area contributed by atoms with E-state index in [4.69, 9.17) is 0 Å². The monoisotopic (exact) mass is 405 g/mol. The number of hydrogen-bond acceptors (Lipinski definition) is 4. The Balaban J connectivity index is 1.28. The molecule has 2 aliphatic heterocycles. The normalized spacial score (nSPS) is 19.7. The smallest absolute Gasteiger partial charge is 0.227 e. The van der Waals surface area contributed by atoms with Crippen molar-refractivity contribution in [2.24, 2.45) is 5.92 Å². The molecule has 0 radical (unpaired) electrons. The summed E-state index contributed by atoms with van der Waals surface area (Å²) in [7, 11) is 0. The molecule has 0 aliphatic carbocycles. The number of nitrogens with one attached hydrogen (secondary N) is 1. The molecule has 1 unspecified atom stereocenters. The lowest BCUT2D eigenvalue weighted by molar-refractivity contribution is -0.126. The van der Waals surface area contributed by atoms with Gasteiger partial charge >= 0.3 is 0 Å². The summed E-state index contributed by atoms with van der Waals surface area (Å²) in [6, 6.07) is 5.24. The molecule has 2 aromatic rings. The molecule has 0 spiro atoms. The zero-order valence-corrected chi connectivity index (χ0v) is 16.1. The van der Waals surface area contributed by atoms with Gasteiger partial charge in [-0.15, -0.1) is 11.3 Å².